The molecule has 2 rings (SSSR count). The van der Waals surface area contributed by atoms with E-state index in [2.05, 4.69) is 31.9 Å². The summed E-state index contributed by atoms with van der Waals surface area (Å²) in [6.07, 6.45) is 0. The lowest BCUT2D eigenvalue weighted by Gasteiger charge is -2.07. The van der Waals surface area contributed by atoms with Gasteiger partial charge in [-0.05, 0) is 50.1 Å². The maximum absolute atomic E-state index is 12.4. The van der Waals surface area contributed by atoms with Gasteiger partial charge in [0.25, 0.3) is 0 Å². The van der Waals surface area contributed by atoms with Gasteiger partial charge >= 0.3 is 0 Å². The Morgan fingerprint density at radius 1 is 1.19 bits per heavy atom. The number of benzene rings is 1. The number of carbonyl (C=O) groups is 1. The van der Waals surface area contributed by atoms with Gasteiger partial charge in [0.2, 0.25) is 0 Å². The minimum Gasteiger partial charge on any atom is -0.293 e. The first kappa shape index (κ1) is 17.4. The van der Waals surface area contributed by atoms with Gasteiger partial charge in [-0.2, -0.15) is 0 Å². The van der Waals surface area contributed by atoms with Crippen LogP contribution in [0, 0.1) is 0 Å². The van der Waals surface area contributed by atoms with Crippen molar-refractivity contribution in [1.29, 1.82) is 0 Å². The Bertz CT molecular complexity index is 796. The average Bonchev–Trinajstić information content (AvgIpc) is 2.67. The van der Waals surface area contributed by atoms with Crippen LogP contribution in [-0.2, 0) is 9.84 Å². The van der Waals surface area contributed by atoms with E-state index in [0.29, 0.717) is 9.35 Å². The number of Topliss-reactive ketones (excluding diaryl/α,β-unsaturated/α-hetero) is 1. The molecule has 0 unspecified atom stereocenters. The van der Waals surface area contributed by atoms with E-state index in [1.807, 2.05) is 0 Å². The first-order chi connectivity index (χ1) is 9.72. The van der Waals surface area contributed by atoms with E-state index in [-0.39, 0.29) is 14.9 Å². The van der Waals surface area contributed by atoms with Crippen LogP contribution < -0.4 is 0 Å². The van der Waals surface area contributed by atoms with E-state index in [4.69, 9.17) is 23.2 Å². The summed E-state index contributed by atoms with van der Waals surface area (Å²) in [5.74, 6) is -1.22. The van der Waals surface area contributed by atoms with E-state index >= 15 is 0 Å². The number of thiophene rings is 1. The molecule has 0 bridgehead atoms. The van der Waals surface area contributed by atoms with Crippen molar-refractivity contribution in [1.82, 2.24) is 0 Å². The van der Waals surface area contributed by atoms with Gasteiger partial charge in [-0.1, -0.05) is 29.3 Å². The van der Waals surface area contributed by atoms with Gasteiger partial charge in [0.05, 0.1) is 17.6 Å². The van der Waals surface area contributed by atoms with Crippen molar-refractivity contribution in [2.45, 2.75) is 4.90 Å². The minimum absolute atomic E-state index is 0.000801. The predicted octanol–water partition coefficient (Wildman–Crippen LogP) is 5.24. The first-order valence-corrected chi connectivity index (χ1v) is 10.2. The van der Waals surface area contributed by atoms with Crippen LogP contribution in [0.1, 0.15) is 10.4 Å². The number of hydrogen-bond donors (Lipinski definition) is 0. The van der Waals surface area contributed by atoms with Crippen molar-refractivity contribution >= 4 is 82.0 Å². The topological polar surface area (TPSA) is 51.2 Å². The van der Waals surface area contributed by atoms with Crippen LogP contribution in [-0.4, -0.2) is 20.0 Å². The fourth-order valence-electron chi connectivity index (χ4n) is 1.63. The monoisotopic (exact) mass is 490 g/mol. The van der Waals surface area contributed by atoms with E-state index < -0.39 is 21.4 Å². The summed E-state index contributed by atoms with van der Waals surface area (Å²) in [7, 11) is -3.92. The fourth-order valence-corrected chi connectivity index (χ4v) is 6.97. The number of hydrogen-bond acceptors (Lipinski definition) is 4. The van der Waals surface area contributed by atoms with E-state index in [9.17, 15) is 13.2 Å². The van der Waals surface area contributed by atoms with Gasteiger partial charge in [0.1, 0.15) is 10.6 Å². The van der Waals surface area contributed by atoms with Gasteiger partial charge in [0, 0.05) is 5.56 Å². The standard InChI is InChI=1S/C12H6Br2Cl2O3S2/c13-10-4-6(12(14)20-10)9(17)5-21(18,19)11-7(15)2-1-3-8(11)16/h1-4H,5H2. The lowest BCUT2D eigenvalue weighted by atomic mass is 10.2. The number of sulfone groups is 1. The van der Waals surface area contributed by atoms with Gasteiger partial charge in [-0.3, -0.25) is 4.79 Å². The maximum atomic E-state index is 12.4. The third-order valence-corrected chi connectivity index (χ3v) is 7.41. The van der Waals surface area contributed by atoms with Gasteiger partial charge in [-0.15, -0.1) is 11.3 Å². The molecule has 0 saturated carbocycles. The molecule has 21 heavy (non-hydrogen) atoms. The highest BCUT2D eigenvalue weighted by Gasteiger charge is 2.27. The van der Waals surface area contributed by atoms with Crippen molar-refractivity contribution in [3.05, 3.63) is 47.4 Å². The van der Waals surface area contributed by atoms with Gasteiger partial charge in [0.15, 0.2) is 15.6 Å². The summed E-state index contributed by atoms with van der Waals surface area (Å²) in [5.41, 5.74) is 0.304. The first-order valence-electron chi connectivity index (χ1n) is 5.37. The van der Waals surface area contributed by atoms with Gasteiger partial charge in [-0.25, -0.2) is 8.42 Å². The largest absolute Gasteiger partial charge is 0.293 e. The zero-order chi connectivity index (χ0) is 15.8. The van der Waals surface area contributed by atoms with Crippen LogP contribution in [0.4, 0.5) is 0 Å². The summed E-state index contributed by atoms with van der Waals surface area (Å²) >= 11 is 19.5. The SMILES string of the molecule is O=C(CS(=O)(=O)c1c(Cl)cccc1Cl)c1cc(Br)sc1Br. The fraction of sp³-hybridized carbons (Fsp3) is 0.0833. The third-order valence-electron chi connectivity index (χ3n) is 2.51. The van der Waals surface area contributed by atoms with Crippen molar-refractivity contribution in [2.24, 2.45) is 0 Å². The molecular formula is C12H6Br2Cl2O3S2. The molecule has 9 heteroatoms. The highest BCUT2D eigenvalue weighted by atomic mass is 79.9. The highest BCUT2D eigenvalue weighted by Crippen LogP contribution is 2.34. The Kier molecular flexibility index (Phi) is 5.55. The van der Waals surface area contributed by atoms with E-state index in [1.165, 1.54) is 29.5 Å². The second kappa shape index (κ2) is 6.68. The molecule has 1 heterocycles. The average molecular weight is 493 g/mol. The molecule has 0 saturated heterocycles. The molecule has 0 atom stereocenters. The molecule has 1 aromatic carbocycles. The van der Waals surface area contributed by atoms with Crippen molar-refractivity contribution in [3.8, 4) is 0 Å². The smallest absolute Gasteiger partial charge is 0.188 e. The molecule has 0 amide bonds. The Morgan fingerprint density at radius 3 is 2.24 bits per heavy atom. The summed E-state index contributed by atoms with van der Waals surface area (Å²) < 4.78 is 26.0. The molecule has 1 aromatic heterocycles. The van der Waals surface area contributed by atoms with Crippen LogP contribution in [0.5, 0.6) is 0 Å². The van der Waals surface area contributed by atoms with Crippen molar-refractivity contribution < 1.29 is 13.2 Å². The molecule has 0 aliphatic carbocycles. The van der Waals surface area contributed by atoms with E-state index in [1.54, 1.807) is 6.07 Å². The summed E-state index contributed by atoms with van der Waals surface area (Å²) in [4.78, 5) is 12.0. The number of rotatable bonds is 4. The molecule has 112 valence electrons. The normalized spacial score (nSPS) is 11.6. The number of carbonyl (C=O) groups excluding carboxylic acids is 1. The van der Waals surface area contributed by atoms with E-state index in [0.717, 1.165) is 3.79 Å². The van der Waals surface area contributed by atoms with Crippen molar-refractivity contribution in [3.63, 3.8) is 0 Å². The van der Waals surface area contributed by atoms with Crippen LogP contribution in [0.2, 0.25) is 10.0 Å². The van der Waals surface area contributed by atoms with Crippen LogP contribution in [0.15, 0.2) is 36.7 Å². The summed E-state index contributed by atoms with van der Waals surface area (Å²) in [6, 6.07) is 5.95. The summed E-state index contributed by atoms with van der Waals surface area (Å²) in [6.45, 7) is 0. The molecular weight excluding hydrogens is 487 g/mol. The second-order valence-corrected chi connectivity index (χ2v) is 10.5. The molecule has 0 aliphatic rings. The molecule has 0 aliphatic heterocycles. The van der Waals surface area contributed by atoms with Crippen molar-refractivity contribution in [2.75, 3.05) is 5.75 Å². The van der Waals surface area contributed by atoms with Gasteiger partial charge < -0.3 is 0 Å². The predicted molar refractivity (Wildman–Crippen MR) is 92.6 cm³/mol. The van der Waals surface area contributed by atoms with Crippen LogP contribution in [0.25, 0.3) is 0 Å². The van der Waals surface area contributed by atoms with Crippen LogP contribution in [0.3, 0.4) is 0 Å². The number of halogens is 4. The maximum Gasteiger partial charge on any atom is 0.188 e. The lowest BCUT2D eigenvalue weighted by Crippen LogP contribution is -2.17. The molecule has 0 spiro atoms. The second-order valence-electron chi connectivity index (χ2n) is 3.97. The quantitative estimate of drug-likeness (QED) is 0.549. The summed E-state index contributed by atoms with van der Waals surface area (Å²) in [5, 5.41) is 0.00160. The molecule has 0 fully saturated rings. The van der Waals surface area contributed by atoms with Crippen LogP contribution >= 0.6 is 66.4 Å². The zero-order valence-corrected chi connectivity index (χ0v) is 16.4. The Balaban J connectivity index is 2.38. The lowest BCUT2D eigenvalue weighted by molar-refractivity contribution is 0.102. The third kappa shape index (κ3) is 3.89. The molecule has 3 nitrogen and oxygen atoms in total. The Labute approximate surface area is 152 Å². The number of ketones is 1. The minimum atomic E-state index is -3.92. The molecule has 0 radical (unpaired) electrons. The molecule has 0 N–H and O–H groups in total. The molecule has 2 aromatic rings. The highest BCUT2D eigenvalue weighted by molar-refractivity contribution is 9.12. The zero-order valence-electron chi connectivity index (χ0n) is 10.1. The Hall–Kier alpha value is 0.0800. The Morgan fingerprint density at radius 2 is 1.76 bits per heavy atom.